The Balaban J connectivity index is 1.42. The minimum absolute atomic E-state index is 0.0705. The lowest BCUT2D eigenvalue weighted by atomic mass is 9.97. The molecule has 2 saturated heterocycles. The number of likely N-dealkylation sites (tertiary alicyclic amines) is 1. The molecule has 0 radical (unpaired) electrons. The second-order valence-electron chi connectivity index (χ2n) is 5.81. The predicted octanol–water partition coefficient (Wildman–Crippen LogP) is 2.32. The van der Waals surface area contributed by atoms with Gasteiger partial charge in [-0.05, 0) is 37.1 Å². The maximum atomic E-state index is 12.2. The molecule has 3 rings (SSSR count). The van der Waals surface area contributed by atoms with Crippen LogP contribution in [0.4, 0.5) is 0 Å². The van der Waals surface area contributed by atoms with E-state index in [0.29, 0.717) is 32.5 Å². The van der Waals surface area contributed by atoms with Crippen molar-refractivity contribution in [2.24, 2.45) is 5.92 Å². The highest BCUT2D eigenvalue weighted by Gasteiger charge is 2.29. The Bertz CT molecular complexity index is 502. The summed E-state index contributed by atoms with van der Waals surface area (Å²) in [6.45, 7) is 2.38. The van der Waals surface area contributed by atoms with E-state index in [9.17, 15) is 9.59 Å². The summed E-state index contributed by atoms with van der Waals surface area (Å²) < 4.78 is 10.8. The molecule has 2 aliphatic heterocycles. The Kier molecular flexibility index (Phi) is 5.10. The quantitative estimate of drug-likeness (QED) is 0.798. The van der Waals surface area contributed by atoms with Crippen molar-refractivity contribution in [3.05, 3.63) is 22.4 Å². The molecule has 3 heterocycles. The highest BCUT2D eigenvalue weighted by molar-refractivity contribution is 7.12. The second-order valence-corrected chi connectivity index (χ2v) is 6.76. The molecule has 0 N–H and O–H groups in total. The average Bonchev–Trinajstić information content (AvgIpc) is 3.25. The van der Waals surface area contributed by atoms with Crippen molar-refractivity contribution in [2.75, 3.05) is 26.3 Å². The van der Waals surface area contributed by atoms with Crippen LogP contribution in [0.1, 0.15) is 35.4 Å². The third-order valence-electron chi connectivity index (χ3n) is 4.28. The lowest BCUT2D eigenvalue weighted by Crippen LogP contribution is -2.40. The molecule has 1 amide bonds. The largest absolute Gasteiger partial charge is 0.463 e. The number of hydrogen-bond donors (Lipinski definition) is 0. The van der Waals surface area contributed by atoms with Crippen LogP contribution in [-0.2, 0) is 14.3 Å². The van der Waals surface area contributed by atoms with Gasteiger partial charge in [-0.3, -0.25) is 9.59 Å². The normalized spacial score (nSPS) is 22.7. The zero-order chi connectivity index (χ0) is 15.4. The van der Waals surface area contributed by atoms with Gasteiger partial charge in [0.2, 0.25) is 0 Å². The molecule has 5 nitrogen and oxygen atoms in total. The Labute approximate surface area is 134 Å². The van der Waals surface area contributed by atoms with E-state index in [4.69, 9.17) is 9.47 Å². The lowest BCUT2D eigenvalue weighted by Gasteiger charge is -2.30. The SMILES string of the molecule is O=C(OCC1CCCO1)C1CCN(C(=O)c2cccs2)CC1. The summed E-state index contributed by atoms with van der Waals surface area (Å²) in [5, 5.41) is 1.91. The first kappa shape index (κ1) is 15.5. The molecule has 0 spiro atoms. The number of ether oxygens (including phenoxy) is 2. The molecule has 2 fully saturated rings. The maximum Gasteiger partial charge on any atom is 0.309 e. The molecule has 120 valence electrons. The molecule has 1 aromatic rings. The van der Waals surface area contributed by atoms with Gasteiger partial charge in [-0.2, -0.15) is 0 Å². The van der Waals surface area contributed by atoms with E-state index in [1.54, 1.807) is 0 Å². The van der Waals surface area contributed by atoms with Gasteiger partial charge in [0, 0.05) is 19.7 Å². The fourth-order valence-corrected chi connectivity index (χ4v) is 3.63. The van der Waals surface area contributed by atoms with E-state index >= 15 is 0 Å². The molecule has 1 atom stereocenters. The topological polar surface area (TPSA) is 55.8 Å². The molecule has 6 heteroatoms. The number of piperidine rings is 1. The van der Waals surface area contributed by atoms with Crippen LogP contribution in [-0.4, -0.2) is 49.2 Å². The molecular weight excluding hydrogens is 302 g/mol. The van der Waals surface area contributed by atoms with Gasteiger partial charge in [-0.25, -0.2) is 0 Å². The molecule has 0 bridgehead atoms. The van der Waals surface area contributed by atoms with Crippen molar-refractivity contribution >= 4 is 23.2 Å². The number of carbonyl (C=O) groups excluding carboxylic acids is 2. The summed E-state index contributed by atoms with van der Waals surface area (Å²) in [5.74, 6) is -0.159. The van der Waals surface area contributed by atoms with Crippen LogP contribution >= 0.6 is 11.3 Å². The standard InChI is InChI=1S/C16H21NO4S/c18-15(14-4-2-10-22-14)17-7-5-12(6-8-17)16(19)21-11-13-3-1-9-20-13/h2,4,10,12-13H,1,3,5-9,11H2. The Morgan fingerprint density at radius 3 is 2.77 bits per heavy atom. The molecule has 1 unspecified atom stereocenters. The van der Waals surface area contributed by atoms with Crippen molar-refractivity contribution < 1.29 is 19.1 Å². The Hall–Kier alpha value is -1.40. The van der Waals surface area contributed by atoms with Crippen LogP contribution in [0.25, 0.3) is 0 Å². The molecule has 2 aliphatic rings. The van der Waals surface area contributed by atoms with Gasteiger partial charge in [-0.15, -0.1) is 11.3 Å². The van der Waals surface area contributed by atoms with Gasteiger partial charge in [0.05, 0.1) is 16.9 Å². The minimum Gasteiger partial charge on any atom is -0.463 e. The third kappa shape index (κ3) is 3.67. The van der Waals surface area contributed by atoms with Gasteiger partial charge in [-0.1, -0.05) is 6.07 Å². The number of thiophene rings is 1. The monoisotopic (exact) mass is 323 g/mol. The molecule has 0 aromatic carbocycles. The van der Waals surface area contributed by atoms with Crippen molar-refractivity contribution in [1.82, 2.24) is 4.90 Å². The van der Waals surface area contributed by atoms with Gasteiger partial charge < -0.3 is 14.4 Å². The first-order valence-electron chi connectivity index (χ1n) is 7.85. The van der Waals surface area contributed by atoms with Crippen LogP contribution < -0.4 is 0 Å². The van der Waals surface area contributed by atoms with Crippen molar-refractivity contribution in [3.8, 4) is 0 Å². The average molecular weight is 323 g/mol. The van der Waals surface area contributed by atoms with Crippen LogP contribution in [0.3, 0.4) is 0 Å². The lowest BCUT2D eigenvalue weighted by molar-refractivity contribution is -0.153. The van der Waals surface area contributed by atoms with Crippen LogP contribution in [0, 0.1) is 5.92 Å². The van der Waals surface area contributed by atoms with E-state index in [1.807, 2.05) is 22.4 Å². The van der Waals surface area contributed by atoms with Gasteiger partial charge in [0.1, 0.15) is 6.61 Å². The highest BCUT2D eigenvalue weighted by atomic mass is 32.1. The highest BCUT2D eigenvalue weighted by Crippen LogP contribution is 2.22. The molecule has 0 saturated carbocycles. The zero-order valence-corrected chi connectivity index (χ0v) is 13.3. The van der Waals surface area contributed by atoms with Crippen LogP contribution in [0.2, 0.25) is 0 Å². The fourth-order valence-electron chi connectivity index (χ4n) is 2.94. The fraction of sp³-hybridized carbons (Fsp3) is 0.625. The maximum absolute atomic E-state index is 12.2. The first-order valence-corrected chi connectivity index (χ1v) is 8.73. The van der Waals surface area contributed by atoms with Gasteiger partial charge in [0.15, 0.2) is 0 Å². The van der Waals surface area contributed by atoms with Gasteiger partial charge >= 0.3 is 5.97 Å². The summed E-state index contributed by atoms with van der Waals surface area (Å²) in [4.78, 5) is 26.9. The summed E-state index contributed by atoms with van der Waals surface area (Å²) in [5.41, 5.74) is 0. The molecule has 22 heavy (non-hydrogen) atoms. The Morgan fingerprint density at radius 1 is 1.32 bits per heavy atom. The van der Waals surface area contributed by atoms with Crippen molar-refractivity contribution in [1.29, 1.82) is 0 Å². The summed E-state index contributed by atoms with van der Waals surface area (Å²) >= 11 is 1.46. The van der Waals surface area contributed by atoms with Crippen LogP contribution in [0.15, 0.2) is 17.5 Å². The van der Waals surface area contributed by atoms with E-state index in [0.717, 1.165) is 24.3 Å². The van der Waals surface area contributed by atoms with Crippen LogP contribution in [0.5, 0.6) is 0 Å². The van der Waals surface area contributed by atoms with E-state index in [1.165, 1.54) is 11.3 Å². The molecule has 1 aromatic heterocycles. The Morgan fingerprint density at radius 2 is 2.14 bits per heavy atom. The van der Waals surface area contributed by atoms with E-state index in [-0.39, 0.29) is 23.9 Å². The smallest absolute Gasteiger partial charge is 0.309 e. The second kappa shape index (κ2) is 7.24. The van der Waals surface area contributed by atoms with E-state index < -0.39 is 0 Å². The summed E-state index contributed by atoms with van der Waals surface area (Å²) in [6.07, 6.45) is 3.46. The third-order valence-corrected chi connectivity index (χ3v) is 5.14. The minimum atomic E-state index is -0.140. The number of hydrogen-bond acceptors (Lipinski definition) is 5. The van der Waals surface area contributed by atoms with Gasteiger partial charge in [0.25, 0.3) is 5.91 Å². The number of rotatable bonds is 4. The predicted molar refractivity (Wildman–Crippen MR) is 82.9 cm³/mol. The number of nitrogens with zero attached hydrogens (tertiary/aromatic N) is 1. The van der Waals surface area contributed by atoms with Crippen molar-refractivity contribution in [2.45, 2.75) is 31.8 Å². The number of amides is 1. The zero-order valence-electron chi connectivity index (χ0n) is 12.5. The number of carbonyl (C=O) groups is 2. The van der Waals surface area contributed by atoms with Crippen molar-refractivity contribution in [3.63, 3.8) is 0 Å². The summed E-state index contributed by atoms with van der Waals surface area (Å²) in [7, 11) is 0. The van der Waals surface area contributed by atoms with E-state index in [2.05, 4.69) is 0 Å². The molecular formula is C16H21NO4S. The number of esters is 1. The summed E-state index contributed by atoms with van der Waals surface area (Å²) in [6, 6.07) is 3.72. The molecule has 0 aliphatic carbocycles. The first-order chi connectivity index (χ1) is 10.7.